The highest BCUT2D eigenvalue weighted by atomic mass is 19.3. The number of hydrogen-bond donors (Lipinski definition) is 1. The van der Waals surface area contributed by atoms with Gasteiger partial charge in [-0.05, 0) is 17.5 Å². The summed E-state index contributed by atoms with van der Waals surface area (Å²) >= 11 is 0. The lowest BCUT2D eigenvalue weighted by molar-refractivity contribution is -0.186. The molecule has 0 bridgehead atoms. The van der Waals surface area contributed by atoms with E-state index in [4.69, 9.17) is 0 Å². The number of hydrogen-bond acceptors (Lipinski definition) is 3. The number of fused-ring (bicyclic) bond motifs is 1. The number of rotatable bonds is 1. The van der Waals surface area contributed by atoms with E-state index in [1.54, 1.807) is 0 Å². The molecule has 74 valence electrons. The third kappa shape index (κ3) is 1.48. The van der Waals surface area contributed by atoms with E-state index in [1.807, 2.05) is 24.3 Å². The number of benzene rings is 1. The first-order valence-corrected chi connectivity index (χ1v) is 4.46. The predicted molar refractivity (Wildman–Crippen MR) is 48.1 cm³/mol. The van der Waals surface area contributed by atoms with Crippen LogP contribution in [0.5, 0.6) is 0 Å². The summed E-state index contributed by atoms with van der Waals surface area (Å²) in [6.07, 6.45) is 0.853. The lowest BCUT2D eigenvalue weighted by Crippen LogP contribution is -2.35. The Morgan fingerprint density at radius 3 is 3.07 bits per heavy atom. The molecule has 14 heavy (non-hydrogen) atoms. The van der Waals surface area contributed by atoms with Crippen molar-refractivity contribution in [3.8, 4) is 0 Å². The molecule has 0 radical (unpaired) electrons. The zero-order valence-corrected chi connectivity index (χ0v) is 7.50. The lowest BCUT2D eigenvalue weighted by Gasteiger charge is -2.23. The Morgan fingerprint density at radius 1 is 1.50 bits per heavy atom. The molecule has 3 nitrogen and oxygen atoms in total. The summed E-state index contributed by atoms with van der Waals surface area (Å²) < 4.78 is 11.8. The molecule has 0 aromatic heterocycles. The van der Waals surface area contributed by atoms with E-state index in [9.17, 15) is 9.32 Å². The summed E-state index contributed by atoms with van der Waals surface area (Å²) in [6.45, 7) is 0.663. The van der Waals surface area contributed by atoms with Gasteiger partial charge in [-0.25, -0.2) is 4.79 Å². The fourth-order valence-electron chi connectivity index (χ4n) is 1.76. The standard InChI is InChI=1S/C10H10FNO2/c11-14-10(13)9-8-4-2-1-3-7(8)5-6-12-9/h1-4,9,12H,5-6H2. The topological polar surface area (TPSA) is 38.3 Å². The van der Waals surface area contributed by atoms with Gasteiger partial charge in [-0.1, -0.05) is 24.3 Å². The van der Waals surface area contributed by atoms with Gasteiger partial charge in [0.05, 0.1) is 0 Å². The van der Waals surface area contributed by atoms with Crippen molar-refractivity contribution in [2.24, 2.45) is 0 Å². The van der Waals surface area contributed by atoms with Crippen LogP contribution in [0.15, 0.2) is 24.3 Å². The van der Waals surface area contributed by atoms with Crippen LogP contribution in [0.3, 0.4) is 0 Å². The summed E-state index contributed by atoms with van der Waals surface area (Å²) in [6, 6.07) is 6.81. The SMILES string of the molecule is O=C(OF)C1NCCc2ccccc21. The van der Waals surface area contributed by atoms with Crippen LogP contribution in [0, 0.1) is 0 Å². The maximum absolute atomic E-state index is 11.8. The molecule has 4 heteroatoms. The number of nitrogens with one attached hydrogen (secondary N) is 1. The van der Waals surface area contributed by atoms with Crippen molar-refractivity contribution in [1.82, 2.24) is 5.32 Å². The highest BCUT2D eigenvalue weighted by Gasteiger charge is 2.27. The minimum Gasteiger partial charge on any atom is -0.300 e. The second kappa shape index (κ2) is 3.75. The first kappa shape index (κ1) is 9.15. The van der Waals surface area contributed by atoms with E-state index < -0.39 is 12.0 Å². The van der Waals surface area contributed by atoms with Crippen molar-refractivity contribution in [3.05, 3.63) is 35.4 Å². The predicted octanol–water partition coefficient (Wildman–Crippen LogP) is 1.30. The fraction of sp³-hybridized carbons (Fsp3) is 0.300. The van der Waals surface area contributed by atoms with Gasteiger partial charge in [0.1, 0.15) is 6.04 Å². The van der Waals surface area contributed by atoms with E-state index >= 15 is 0 Å². The second-order valence-corrected chi connectivity index (χ2v) is 3.23. The molecule has 1 aliphatic rings. The number of carbonyl (C=O) groups is 1. The van der Waals surface area contributed by atoms with E-state index in [-0.39, 0.29) is 0 Å². The molecule has 2 rings (SSSR count). The summed E-state index contributed by atoms with van der Waals surface area (Å²) in [5.41, 5.74) is 1.88. The molecule has 1 heterocycles. The Balaban J connectivity index is 2.35. The summed E-state index contributed by atoms with van der Waals surface area (Å²) in [5, 5.41) is 2.91. The van der Waals surface area contributed by atoms with Gasteiger partial charge in [0, 0.05) is 11.1 Å². The molecular formula is C10H10FNO2. The van der Waals surface area contributed by atoms with Gasteiger partial charge in [0.25, 0.3) is 0 Å². The van der Waals surface area contributed by atoms with Crippen LogP contribution < -0.4 is 5.32 Å². The van der Waals surface area contributed by atoms with E-state index in [0.717, 1.165) is 17.5 Å². The van der Waals surface area contributed by atoms with Crippen LogP contribution in [0.25, 0.3) is 0 Å². The Labute approximate surface area is 80.8 Å². The molecule has 0 fully saturated rings. The molecule has 0 saturated heterocycles. The zero-order valence-electron chi connectivity index (χ0n) is 7.50. The summed E-state index contributed by atoms with van der Waals surface area (Å²) in [4.78, 5) is 14.3. The van der Waals surface area contributed by atoms with Crippen molar-refractivity contribution in [1.29, 1.82) is 0 Å². The Bertz CT molecular complexity index is 354. The normalized spacial score (nSPS) is 19.9. The highest BCUT2D eigenvalue weighted by molar-refractivity contribution is 5.78. The quantitative estimate of drug-likeness (QED) is 0.734. The van der Waals surface area contributed by atoms with Gasteiger partial charge >= 0.3 is 5.97 Å². The fourth-order valence-corrected chi connectivity index (χ4v) is 1.76. The minimum absolute atomic E-state index is 0.662. The van der Waals surface area contributed by atoms with Crippen LogP contribution in [0.4, 0.5) is 4.53 Å². The largest absolute Gasteiger partial charge is 0.370 e. The first-order chi connectivity index (χ1) is 6.83. The molecule has 1 N–H and O–H groups in total. The van der Waals surface area contributed by atoms with Gasteiger partial charge in [0.2, 0.25) is 0 Å². The molecule has 1 aromatic rings. The molecule has 0 saturated carbocycles. The first-order valence-electron chi connectivity index (χ1n) is 4.46. The molecule has 1 aromatic carbocycles. The Morgan fingerprint density at radius 2 is 2.29 bits per heavy atom. The average molecular weight is 195 g/mol. The maximum atomic E-state index is 11.8. The third-order valence-corrected chi connectivity index (χ3v) is 2.42. The van der Waals surface area contributed by atoms with Gasteiger partial charge in [-0.3, -0.25) is 4.94 Å². The number of carbonyl (C=O) groups excluding carboxylic acids is 1. The van der Waals surface area contributed by atoms with Crippen molar-refractivity contribution >= 4 is 5.97 Å². The molecule has 1 unspecified atom stereocenters. The van der Waals surface area contributed by atoms with Gasteiger partial charge in [-0.2, -0.15) is 0 Å². The molecule has 0 aliphatic carbocycles. The van der Waals surface area contributed by atoms with Gasteiger partial charge in [-0.15, -0.1) is 0 Å². The zero-order chi connectivity index (χ0) is 9.97. The minimum atomic E-state index is -0.878. The highest BCUT2D eigenvalue weighted by Crippen LogP contribution is 2.23. The average Bonchev–Trinajstić information content (AvgIpc) is 2.27. The van der Waals surface area contributed by atoms with Crippen molar-refractivity contribution in [3.63, 3.8) is 0 Å². The monoisotopic (exact) mass is 195 g/mol. The second-order valence-electron chi connectivity index (χ2n) is 3.23. The van der Waals surface area contributed by atoms with Crippen LogP contribution in [-0.4, -0.2) is 12.5 Å². The summed E-state index contributed by atoms with van der Waals surface area (Å²) in [5.74, 6) is -0.878. The third-order valence-electron chi connectivity index (χ3n) is 2.42. The van der Waals surface area contributed by atoms with Crippen molar-refractivity contribution in [2.75, 3.05) is 6.54 Å². The molecule has 0 spiro atoms. The van der Waals surface area contributed by atoms with E-state index in [2.05, 4.69) is 10.3 Å². The Kier molecular flexibility index (Phi) is 2.45. The molecule has 1 aliphatic heterocycles. The van der Waals surface area contributed by atoms with Crippen molar-refractivity contribution in [2.45, 2.75) is 12.5 Å². The molecule has 1 atom stereocenters. The van der Waals surface area contributed by atoms with E-state index in [0.29, 0.717) is 6.54 Å². The van der Waals surface area contributed by atoms with Crippen molar-refractivity contribution < 1.29 is 14.3 Å². The molecular weight excluding hydrogens is 185 g/mol. The summed E-state index contributed by atoms with van der Waals surface area (Å²) in [7, 11) is 0. The van der Waals surface area contributed by atoms with Crippen LogP contribution >= 0.6 is 0 Å². The van der Waals surface area contributed by atoms with Crippen LogP contribution in [-0.2, 0) is 16.2 Å². The molecule has 0 amide bonds. The van der Waals surface area contributed by atoms with Gasteiger partial charge < -0.3 is 5.32 Å². The Hall–Kier alpha value is -1.42. The van der Waals surface area contributed by atoms with Gasteiger partial charge in [0.15, 0.2) is 0 Å². The maximum Gasteiger partial charge on any atom is 0.370 e. The van der Waals surface area contributed by atoms with Crippen LogP contribution in [0.1, 0.15) is 17.2 Å². The number of halogens is 1. The smallest absolute Gasteiger partial charge is 0.300 e. The van der Waals surface area contributed by atoms with Crippen LogP contribution in [0.2, 0.25) is 0 Å². The lowest BCUT2D eigenvalue weighted by atomic mass is 9.95. The van der Waals surface area contributed by atoms with E-state index in [1.165, 1.54) is 0 Å².